The fourth-order valence-electron chi connectivity index (χ4n) is 3.12. The molecule has 7 heteroatoms. The number of aryl methyl sites for hydroxylation is 1. The highest BCUT2D eigenvalue weighted by atomic mass is 32.1. The van der Waals surface area contributed by atoms with Crippen LogP contribution in [0.5, 0.6) is 0 Å². The van der Waals surface area contributed by atoms with Gasteiger partial charge in [-0.25, -0.2) is 0 Å². The van der Waals surface area contributed by atoms with E-state index in [-0.39, 0.29) is 5.91 Å². The van der Waals surface area contributed by atoms with Gasteiger partial charge in [-0.1, -0.05) is 0 Å². The zero-order valence-electron chi connectivity index (χ0n) is 13.4. The summed E-state index contributed by atoms with van der Waals surface area (Å²) < 4.78 is 8.78. The summed E-state index contributed by atoms with van der Waals surface area (Å²) in [6, 6.07) is 3.83. The van der Waals surface area contributed by atoms with Gasteiger partial charge in [0.2, 0.25) is 0 Å². The number of carbonyl (C=O) groups excluding carboxylic acids is 1. The van der Waals surface area contributed by atoms with Crippen LogP contribution < -0.4 is 5.32 Å². The van der Waals surface area contributed by atoms with Gasteiger partial charge in [0.25, 0.3) is 5.91 Å². The van der Waals surface area contributed by atoms with Gasteiger partial charge in [-0.2, -0.15) is 5.10 Å². The average Bonchev–Trinajstić information content (AvgIpc) is 3.32. The Labute approximate surface area is 143 Å². The first-order valence-corrected chi connectivity index (χ1v) is 8.79. The van der Waals surface area contributed by atoms with Gasteiger partial charge in [-0.15, -0.1) is 11.3 Å². The maximum atomic E-state index is 12.5. The third-order valence-electron chi connectivity index (χ3n) is 4.43. The summed E-state index contributed by atoms with van der Waals surface area (Å²) in [5, 5.41) is 9.22. The zero-order valence-corrected chi connectivity index (χ0v) is 14.2. The maximum absolute atomic E-state index is 12.5. The SMILES string of the molecule is Cn1cc(C2(CNC(=O)c3cnc4ccsc4c3)CCCO2)cn1. The van der Waals surface area contributed by atoms with Crippen LogP contribution in [0.2, 0.25) is 0 Å². The molecule has 1 aliphatic rings. The molecule has 3 aromatic heterocycles. The first kappa shape index (κ1) is 15.3. The van der Waals surface area contributed by atoms with Crippen molar-refractivity contribution in [2.24, 2.45) is 7.05 Å². The molecule has 124 valence electrons. The van der Waals surface area contributed by atoms with Crippen molar-refractivity contribution in [3.05, 3.63) is 47.2 Å². The van der Waals surface area contributed by atoms with E-state index in [1.807, 2.05) is 37.0 Å². The number of amides is 1. The molecule has 24 heavy (non-hydrogen) atoms. The first-order chi connectivity index (χ1) is 11.7. The Bertz CT molecular complexity index is 879. The molecule has 0 spiro atoms. The zero-order chi connectivity index (χ0) is 16.6. The number of hydrogen-bond donors (Lipinski definition) is 1. The molecule has 1 N–H and O–H groups in total. The second kappa shape index (κ2) is 5.99. The molecule has 0 saturated carbocycles. The van der Waals surface area contributed by atoms with Crippen molar-refractivity contribution in [2.75, 3.05) is 13.2 Å². The van der Waals surface area contributed by atoms with Crippen LogP contribution in [0.25, 0.3) is 10.2 Å². The minimum atomic E-state index is -0.482. The molecule has 1 fully saturated rings. The number of pyridine rings is 1. The van der Waals surface area contributed by atoms with Gasteiger partial charge in [-0.3, -0.25) is 14.5 Å². The first-order valence-electron chi connectivity index (χ1n) is 7.91. The predicted molar refractivity (Wildman–Crippen MR) is 92.0 cm³/mol. The number of carbonyl (C=O) groups is 1. The van der Waals surface area contributed by atoms with Crippen LogP contribution in [0.4, 0.5) is 0 Å². The van der Waals surface area contributed by atoms with Crippen LogP contribution in [0.1, 0.15) is 28.8 Å². The lowest BCUT2D eigenvalue weighted by molar-refractivity contribution is 0.00130. The molecule has 0 radical (unpaired) electrons. The lowest BCUT2D eigenvalue weighted by atomic mass is 9.93. The predicted octanol–water partition coefficient (Wildman–Crippen LogP) is 2.47. The largest absolute Gasteiger partial charge is 0.368 e. The molecule has 1 saturated heterocycles. The molecular formula is C17H18N4O2S. The van der Waals surface area contributed by atoms with Crippen molar-refractivity contribution in [3.63, 3.8) is 0 Å². The van der Waals surface area contributed by atoms with Gasteiger partial charge in [-0.05, 0) is 30.4 Å². The minimum absolute atomic E-state index is 0.128. The second-order valence-electron chi connectivity index (χ2n) is 6.06. The van der Waals surface area contributed by atoms with Crippen LogP contribution in [0.15, 0.2) is 36.1 Å². The van der Waals surface area contributed by atoms with E-state index >= 15 is 0 Å². The maximum Gasteiger partial charge on any atom is 0.253 e. The summed E-state index contributed by atoms with van der Waals surface area (Å²) in [4.78, 5) is 16.8. The van der Waals surface area contributed by atoms with Gasteiger partial charge in [0.1, 0.15) is 5.60 Å². The Hall–Kier alpha value is -2.25. The molecule has 1 amide bonds. The van der Waals surface area contributed by atoms with E-state index in [4.69, 9.17) is 4.74 Å². The van der Waals surface area contributed by atoms with E-state index < -0.39 is 5.60 Å². The van der Waals surface area contributed by atoms with E-state index in [0.717, 1.165) is 28.6 Å². The molecule has 0 aromatic carbocycles. The summed E-state index contributed by atoms with van der Waals surface area (Å²) in [5.41, 5.74) is 2.02. The Kier molecular flexibility index (Phi) is 3.82. The van der Waals surface area contributed by atoms with Gasteiger partial charge in [0, 0.05) is 31.6 Å². The van der Waals surface area contributed by atoms with Crippen molar-refractivity contribution in [2.45, 2.75) is 18.4 Å². The number of ether oxygens (including phenoxy) is 1. The quantitative estimate of drug-likeness (QED) is 0.791. The molecule has 4 heterocycles. The van der Waals surface area contributed by atoms with E-state index in [1.54, 1.807) is 22.2 Å². The topological polar surface area (TPSA) is 69.0 Å². The van der Waals surface area contributed by atoms with Gasteiger partial charge < -0.3 is 10.1 Å². The summed E-state index contributed by atoms with van der Waals surface area (Å²) >= 11 is 1.58. The monoisotopic (exact) mass is 342 g/mol. The molecule has 0 aliphatic carbocycles. The smallest absolute Gasteiger partial charge is 0.253 e. The highest BCUT2D eigenvalue weighted by molar-refractivity contribution is 7.17. The minimum Gasteiger partial charge on any atom is -0.368 e. The van der Waals surface area contributed by atoms with E-state index in [2.05, 4.69) is 15.4 Å². The molecule has 6 nitrogen and oxygen atoms in total. The van der Waals surface area contributed by atoms with Crippen LogP contribution in [-0.2, 0) is 17.4 Å². The highest BCUT2D eigenvalue weighted by Gasteiger charge is 2.38. The van der Waals surface area contributed by atoms with Crippen molar-refractivity contribution >= 4 is 27.5 Å². The Balaban J connectivity index is 1.52. The third-order valence-corrected chi connectivity index (χ3v) is 5.29. The molecule has 0 bridgehead atoms. The number of aromatic nitrogens is 3. The van der Waals surface area contributed by atoms with Gasteiger partial charge in [0.15, 0.2) is 0 Å². The van der Waals surface area contributed by atoms with Gasteiger partial charge in [0.05, 0.1) is 28.5 Å². The number of rotatable bonds is 4. The van der Waals surface area contributed by atoms with E-state index in [0.29, 0.717) is 18.7 Å². The number of nitrogens with one attached hydrogen (secondary N) is 1. The summed E-state index contributed by atoms with van der Waals surface area (Å²) in [5.74, 6) is -0.128. The second-order valence-corrected chi connectivity index (χ2v) is 7.01. The Morgan fingerprint density at radius 2 is 2.42 bits per heavy atom. The van der Waals surface area contributed by atoms with Crippen LogP contribution in [0.3, 0.4) is 0 Å². The van der Waals surface area contributed by atoms with Crippen LogP contribution in [-0.4, -0.2) is 33.8 Å². The number of hydrogen-bond acceptors (Lipinski definition) is 5. The van der Waals surface area contributed by atoms with Gasteiger partial charge >= 0.3 is 0 Å². The molecule has 4 rings (SSSR count). The fourth-order valence-corrected chi connectivity index (χ4v) is 3.90. The number of thiophene rings is 1. The number of fused-ring (bicyclic) bond motifs is 1. The van der Waals surface area contributed by atoms with Crippen LogP contribution in [0, 0.1) is 0 Å². The normalized spacial score (nSPS) is 20.5. The van der Waals surface area contributed by atoms with Crippen LogP contribution >= 0.6 is 11.3 Å². The van der Waals surface area contributed by atoms with E-state index in [9.17, 15) is 4.79 Å². The van der Waals surface area contributed by atoms with Crippen molar-refractivity contribution in [1.82, 2.24) is 20.1 Å². The van der Waals surface area contributed by atoms with Crippen molar-refractivity contribution in [3.8, 4) is 0 Å². The lowest BCUT2D eigenvalue weighted by Gasteiger charge is -2.27. The fraction of sp³-hybridized carbons (Fsp3) is 0.353. The Morgan fingerprint density at radius 1 is 1.50 bits per heavy atom. The summed E-state index contributed by atoms with van der Waals surface area (Å²) in [6.07, 6.45) is 7.25. The molecule has 3 aromatic rings. The summed E-state index contributed by atoms with van der Waals surface area (Å²) in [7, 11) is 1.88. The molecular weight excluding hydrogens is 324 g/mol. The van der Waals surface area contributed by atoms with E-state index in [1.165, 1.54) is 0 Å². The molecule has 1 aliphatic heterocycles. The van der Waals surface area contributed by atoms with Crippen molar-refractivity contribution < 1.29 is 9.53 Å². The number of nitrogens with zero attached hydrogens (tertiary/aromatic N) is 3. The molecule has 1 unspecified atom stereocenters. The third kappa shape index (κ3) is 2.70. The lowest BCUT2D eigenvalue weighted by Crippen LogP contribution is -2.40. The average molecular weight is 342 g/mol. The summed E-state index contributed by atoms with van der Waals surface area (Å²) in [6.45, 7) is 1.13. The van der Waals surface area contributed by atoms with Crippen molar-refractivity contribution in [1.29, 1.82) is 0 Å². The highest BCUT2D eigenvalue weighted by Crippen LogP contribution is 2.35. The Morgan fingerprint density at radius 3 is 3.17 bits per heavy atom. The standard InChI is InChI=1S/C17H18N4O2S/c1-21-10-13(9-20-21)17(4-2-5-23-17)11-19-16(22)12-7-15-14(18-8-12)3-6-24-15/h3,6-10H,2,4-5,11H2,1H3,(H,19,22). The molecule has 1 atom stereocenters.